The van der Waals surface area contributed by atoms with Gasteiger partial charge >= 0.3 is 0 Å². The molecular weight excluding hydrogens is 306 g/mol. The molecule has 0 aliphatic rings. The number of halogens is 1. The lowest BCUT2D eigenvalue weighted by atomic mass is 10.2. The number of hydrazone groups is 1. The van der Waals surface area contributed by atoms with Crippen LogP contribution in [-0.2, 0) is 11.2 Å². The summed E-state index contributed by atoms with van der Waals surface area (Å²) in [6.07, 6.45) is 3.38. The van der Waals surface area contributed by atoms with E-state index in [0.29, 0.717) is 5.03 Å². The van der Waals surface area contributed by atoms with Crippen molar-refractivity contribution in [2.75, 3.05) is 0 Å². The van der Waals surface area contributed by atoms with Gasteiger partial charge < -0.3 is 0 Å². The summed E-state index contributed by atoms with van der Waals surface area (Å²) in [5.41, 5.74) is 4.14. The molecule has 0 fully saturated rings. The molecule has 0 bridgehead atoms. The topological polar surface area (TPSA) is 54.4 Å². The van der Waals surface area contributed by atoms with Gasteiger partial charge in [-0.25, -0.2) is 10.4 Å². The summed E-state index contributed by atoms with van der Waals surface area (Å²) in [5, 5.41) is 7.06. The van der Waals surface area contributed by atoms with Crippen LogP contribution >= 0.6 is 22.9 Å². The van der Waals surface area contributed by atoms with Crippen LogP contribution in [0, 0.1) is 6.92 Å². The molecule has 0 spiro atoms. The zero-order valence-corrected chi connectivity index (χ0v) is 13.0. The average Bonchev–Trinajstić information content (AvgIpc) is 2.85. The Labute approximate surface area is 132 Å². The highest BCUT2D eigenvalue weighted by Crippen LogP contribution is 2.09. The zero-order chi connectivity index (χ0) is 15.1. The normalized spacial score (nSPS) is 11.8. The van der Waals surface area contributed by atoms with E-state index in [0.717, 1.165) is 16.3 Å². The monoisotopic (exact) mass is 319 g/mol. The van der Waals surface area contributed by atoms with Crippen LogP contribution in [0.3, 0.4) is 0 Å². The van der Waals surface area contributed by atoms with Crippen molar-refractivity contribution in [3.8, 4) is 0 Å². The third-order valence-electron chi connectivity index (χ3n) is 2.49. The SMILES string of the molecule is Cc1nc(CC(=O)NN=CC(Cl)=Cc2ccccc2)cs1. The number of thiazole rings is 1. The smallest absolute Gasteiger partial charge is 0.246 e. The molecule has 2 rings (SSSR count). The van der Waals surface area contributed by atoms with E-state index in [1.54, 1.807) is 6.08 Å². The van der Waals surface area contributed by atoms with Crippen LogP contribution in [-0.4, -0.2) is 17.1 Å². The second kappa shape index (κ2) is 7.71. The van der Waals surface area contributed by atoms with Crippen LogP contribution in [0.1, 0.15) is 16.3 Å². The van der Waals surface area contributed by atoms with E-state index in [-0.39, 0.29) is 12.3 Å². The fraction of sp³-hybridized carbons (Fsp3) is 0.133. The minimum atomic E-state index is -0.222. The zero-order valence-electron chi connectivity index (χ0n) is 11.4. The standard InChI is InChI=1S/C15H14ClN3OS/c1-11-18-14(10-21-11)8-15(20)19-17-9-13(16)7-12-5-3-2-4-6-12/h2-7,9-10H,8H2,1H3,(H,19,20). The van der Waals surface area contributed by atoms with Gasteiger partial charge in [-0.05, 0) is 18.6 Å². The van der Waals surface area contributed by atoms with Crippen molar-refractivity contribution in [2.45, 2.75) is 13.3 Å². The summed E-state index contributed by atoms with van der Waals surface area (Å²) in [7, 11) is 0. The molecule has 0 atom stereocenters. The fourth-order valence-corrected chi connectivity index (χ4v) is 2.39. The predicted molar refractivity (Wildman–Crippen MR) is 87.5 cm³/mol. The molecule has 1 heterocycles. The quantitative estimate of drug-likeness (QED) is 0.678. The van der Waals surface area contributed by atoms with Crippen molar-refractivity contribution in [3.63, 3.8) is 0 Å². The number of carbonyl (C=O) groups is 1. The molecule has 0 saturated carbocycles. The first kappa shape index (κ1) is 15.4. The van der Waals surface area contributed by atoms with Gasteiger partial charge in [0.05, 0.1) is 28.4 Å². The number of aromatic nitrogens is 1. The van der Waals surface area contributed by atoms with Gasteiger partial charge in [-0.15, -0.1) is 11.3 Å². The Morgan fingerprint density at radius 1 is 1.43 bits per heavy atom. The van der Waals surface area contributed by atoms with E-state index in [1.807, 2.05) is 42.6 Å². The Bertz CT molecular complexity index is 665. The van der Waals surface area contributed by atoms with Gasteiger partial charge in [0.25, 0.3) is 0 Å². The number of amides is 1. The lowest BCUT2D eigenvalue weighted by Crippen LogP contribution is -2.19. The van der Waals surface area contributed by atoms with Crippen molar-refractivity contribution in [1.29, 1.82) is 0 Å². The van der Waals surface area contributed by atoms with Gasteiger partial charge in [0.15, 0.2) is 0 Å². The second-order valence-electron chi connectivity index (χ2n) is 4.27. The maximum absolute atomic E-state index is 11.6. The molecule has 0 aliphatic heterocycles. The predicted octanol–water partition coefficient (Wildman–Crippen LogP) is 3.38. The largest absolute Gasteiger partial charge is 0.273 e. The molecule has 21 heavy (non-hydrogen) atoms. The molecule has 0 unspecified atom stereocenters. The Morgan fingerprint density at radius 2 is 2.19 bits per heavy atom. The summed E-state index contributed by atoms with van der Waals surface area (Å²) in [6.45, 7) is 1.90. The highest BCUT2D eigenvalue weighted by Gasteiger charge is 2.04. The van der Waals surface area contributed by atoms with Gasteiger partial charge in [-0.1, -0.05) is 41.9 Å². The van der Waals surface area contributed by atoms with Crippen molar-refractivity contribution >= 4 is 41.1 Å². The second-order valence-corrected chi connectivity index (χ2v) is 5.77. The number of allylic oxidation sites excluding steroid dienone is 1. The Hall–Kier alpha value is -1.98. The summed E-state index contributed by atoms with van der Waals surface area (Å²) < 4.78 is 0. The molecule has 0 radical (unpaired) electrons. The van der Waals surface area contributed by atoms with Crippen LogP contribution in [0.25, 0.3) is 6.08 Å². The Kier molecular flexibility index (Phi) is 5.66. The van der Waals surface area contributed by atoms with E-state index in [4.69, 9.17) is 11.6 Å². The summed E-state index contributed by atoms with van der Waals surface area (Å²) >= 11 is 7.53. The number of hydrogen-bond acceptors (Lipinski definition) is 4. The highest BCUT2D eigenvalue weighted by molar-refractivity contribution is 7.09. The minimum Gasteiger partial charge on any atom is -0.273 e. The average molecular weight is 320 g/mol. The molecule has 1 amide bonds. The van der Waals surface area contributed by atoms with Crippen molar-refractivity contribution < 1.29 is 4.79 Å². The third-order valence-corrected chi connectivity index (χ3v) is 3.52. The molecule has 6 heteroatoms. The van der Waals surface area contributed by atoms with Crippen molar-refractivity contribution in [2.24, 2.45) is 5.10 Å². The first-order chi connectivity index (χ1) is 10.1. The number of benzene rings is 1. The molecule has 2 aromatic rings. The molecule has 0 saturated heterocycles. The first-order valence-electron chi connectivity index (χ1n) is 6.28. The summed E-state index contributed by atoms with van der Waals surface area (Å²) in [6, 6.07) is 9.63. The van der Waals surface area contributed by atoms with Crippen LogP contribution in [0.15, 0.2) is 45.8 Å². The third kappa shape index (κ3) is 5.49. The molecule has 108 valence electrons. The lowest BCUT2D eigenvalue weighted by Gasteiger charge is -1.97. The number of carbonyl (C=O) groups excluding carboxylic acids is 1. The minimum absolute atomic E-state index is 0.210. The molecule has 0 aliphatic carbocycles. The molecule has 1 aromatic carbocycles. The van der Waals surface area contributed by atoms with Crippen LogP contribution in [0.2, 0.25) is 0 Å². The number of nitrogens with one attached hydrogen (secondary N) is 1. The van der Waals surface area contributed by atoms with E-state index < -0.39 is 0 Å². The number of aryl methyl sites for hydroxylation is 1. The van der Waals surface area contributed by atoms with E-state index >= 15 is 0 Å². The maximum Gasteiger partial charge on any atom is 0.246 e. The number of rotatable bonds is 5. The molecule has 1 N–H and O–H groups in total. The van der Waals surface area contributed by atoms with Gasteiger partial charge in [0, 0.05) is 5.38 Å². The van der Waals surface area contributed by atoms with E-state index in [2.05, 4.69) is 15.5 Å². The van der Waals surface area contributed by atoms with Gasteiger partial charge in [0.2, 0.25) is 5.91 Å². The Balaban J connectivity index is 1.84. The molecular formula is C15H14ClN3OS. The van der Waals surface area contributed by atoms with E-state index in [1.165, 1.54) is 17.6 Å². The number of hydrogen-bond donors (Lipinski definition) is 1. The van der Waals surface area contributed by atoms with Crippen LogP contribution < -0.4 is 5.43 Å². The number of nitrogens with zero attached hydrogens (tertiary/aromatic N) is 2. The van der Waals surface area contributed by atoms with Crippen molar-refractivity contribution in [3.05, 3.63) is 57.0 Å². The molecule has 4 nitrogen and oxygen atoms in total. The summed E-state index contributed by atoms with van der Waals surface area (Å²) in [4.78, 5) is 15.9. The first-order valence-corrected chi connectivity index (χ1v) is 7.54. The van der Waals surface area contributed by atoms with Crippen molar-refractivity contribution in [1.82, 2.24) is 10.4 Å². The van der Waals surface area contributed by atoms with Gasteiger partial charge in [0.1, 0.15) is 0 Å². The highest BCUT2D eigenvalue weighted by atomic mass is 35.5. The van der Waals surface area contributed by atoms with Gasteiger partial charge in [-0.3, -0.25) is 4.79 Å². The fourth-order valence-electron chi connectivity index (χ4n) is 1.61. The maximum atomic E-state index is 11.6. The van der Waals surface area contributed by atoms with Crippen LogP contribution in [0.5, 0.6) is 0 Å². The lowest BCUT2D eigenvalue weighted by molar-refractivity contribution is -0.120. The molecule has 1 aromatic heterocycles. The Morgan fingerprint density at radius 3 is 2.86 bits per heavy atom. The van der Waals surface area contributed by atoms with Crippen LogP contribution in [0.4, 0.5) is 0 Å². The van der Waals surface area contributed by atoms with Gasteiger partial charge in [-0.2, -0.15) is 5.10 Å². The van der Waals surface area contributed by atoms with E-state index in [9.17, 15) is 4.79 Å². The summed E-state index contributed by atoms with van der Waals surface area (Å²) in [5.74, 6) is -0.222.